The molecule has 2 aromatic carbocycles. The monoisotopic (exact) mass is 340 g/mol. The summed E-state index contributed by atoms with van der Waals surface area (Å²) in [7, 11) is 1.53. The fraction of sp³-hybridized carbons (Fsp3) is 0.200. The maximum Gasteiger partial charge on any atom is 0.161 e. The highest BCUT2D eigenvalue weighted by atomic mass is 79.9. The van der Waals surface area contributed by atoms with E-state index < -0.39 is 0 Å². The average Bonchev–Trinajstić information content (AvgIpc) is 2.48. The van der Waals surface area contributed by atoms with Gasteiger partial charge in [0, 0.05) is 5.56 Å². The van der Waals surface area contributed by atoms with Gasteiger partial charge in [-0.15, -0.1) is 0 Å². The fourth-order valence-electron chi connectivity index (χ4n) is 1.75. The van der Waals surface area contributed by atoms with Crippen LogP contribution in [0.15, 0.2) is 40.9 Å². The smallest absolute Gasteiger partial charge is 0.161 e. The van der Waals surface area contributed by atoms with E-state index >= 15 is 0 Å². The number of halogens is 2. The van der Waals surface area contributed by atoms with Crippen LogP contribution in [-0.2, 0) is 13.2 Å². The van der Waals surface area contributed by atoms with Crippen LogP contribution in [0.3, 0.4) is 0 Å². The molecule has 20 heavy (non-hydrogen) atoms. The molecular weight excluding hydrogens is 327 g/mol. The highest BCUT2D eigenvalue weighted by molar-refractivity contribution is 9.10. The molecule has 0 saturated heterocycles. The van der Waals surface area contributed by atoms with Crippen molar-refractivity contribution in [2.24, 2.45) is 0 Å². The predicted molar refractivity (Wildman–Crippen MR) is 77.3 cm³/mol. The molecule has 0 saturated carbocycles. The van der Waals surface area contributed by atoms with Gasteiger partial charge in [0.15, 0.2) is 11.5 Å². The maximum atomic E-state index is 13.4. The largest absolute Gasteiger partial charge is 0.493 e. The van der Waals surface area contributed by atoms with Crippen molar-refractivity contribution in [2.75, 3.05) is 7.11 Å². The summed E-state index contributed by atoms with van der Waals surface area (Å²) in [6, 6.07) is 9.96. The highest BCUT2D eigenvalue weighted by Crippen LogP contribution is 2.30. The number of aliphatic hydroxyl groups excluding tert-OH is 1. The third-order valence-electron chi connectivity index (χ3n) is 2.83. The quantitative estimate of drug-likeness (QED) is 0.902. The zero-order valence-corrected chi connectivity index (χ0v) is 12.5. The molecule has 0 heterocycles. The molecule has 5 heteroatoms. The third kappa shape index (κ3) is 3.29. The topological polar surface area (TPSA) is 38.7 Å². The Labute approximate surface area is 125 Å². The van der Waals surface area contributed by atoms with Gasteiger partial charge in [-0.2, -0.15) is 0 Å². The number of ether oxygens (including phenoxy) is 2. The number of hydrogen-bond acceptors (Lipinski definition) is 3. The van der Waals surface area contributed by atoms with E-state index in [0.717, 1.165) is 5.56 Å². The summed E-state index contributed by atoms with van der Waals surface area (Å²) in [4.78, 5) is 0. The normalized spacial score (nSPS) is 10.4. The minimum absolute atomic E-state index is 0.0634. The van der Waals surface area contributed by atoms with Gasteiger partial charge in [-0.05, 0) is 39.7 Å². The van der Waals surface area contributed by atoms with Gasteiger partial charge in [-0.1, -0.05) is 18.2 Å². The Morgan fingerprint density at radius 1 is 1.20 bits per heavy atom. The second-order valence-electron chi connectivity index (χ2n) is 4.14. The minimum Gasteiger partial charge on any atom is -0.493 e. The lowest BCUT2D eigenvalue weighted by Crippen LogP contribution is -2.00. The van der Waals surface area contributed by atoms with Crippen LogP contribution < -0.4 is 9.47 Å². The minimum atomic E-state index is -0.325. The molecule has 0 unspecified atom stereocenters. The van der Waals surface area contributed by atoms with Crippen LogP contribution in [0.2, 0.25) is 0 Å². The van der Waals surface area contributed by atoms with Crippen molar-refractivity contribution in [3.05, 3.63) is 57.8 Å². The van der Waals surface area contributed by atoms with Gasteiger partial charge in [0.1, 0.15) is 12.4 Å². The zero-order chi connectivity index (χ0) is 14.5. The van der Waals surface area contributed by atoms with Crippen molar-refractivity contribution in [1.82, 2.24) is 0 Å². The van der Waals surface area contributed by atoms with E-state index in [1.807, 2.05) is 0 Å². The van der Waals surface area contributed by atoms with Crippen molar-refractivity contribution in [1.29, 1.82) is 0 Å². The van der Waals surface area contributed by atoms with Crippen LogP contribution in [0.25, 0.3) is 0 Å². The van der Waals surface area contributed by atoms with Crippen LogP contribution in [0.1, 0.15) is 11.1 Å². The van der Waals surface area contributed by atoms with E-state index in [-0.39, 0.29) is 19.0 Å². The summed E-state index contributed by atoms with van der Waals surface area (Å²) in [5.74, 6) is 0.749. The van der Waals surface area contributed by atoms with E-state index in [1.165, 1.54) is 13.2 Å². The lowest BCUT2D eigenvalue weighted by molar-refractivity contribution is 0.273. The molecule has 106 valence electrons. The Balaban J connectivity index is 2.16. The van der Waals surface area contributed by atoms with E-state index in [9.17, 15) is 4.39 Å². The van der Waals surface area contributed by atoms with Gasteiger partial charge in [0.25, 0.3) is 0 Å². The van der Waals surface area contributed by atoms with Crippen molar-refractivity contribution < 1.29 is 19.0 Å². The highest BCUT2D eigenvalue weighted by Gasteiger charge is 2.09. The maximum absolute atomic E-state index is 13.4. The molecule has 0 fully saturated rings. The first-order valence-corrected chi connectivity index (χ1v) is 6.78. The Hall–Kier alpha value is -1.59. The molecule has 3 nitrogen and oxygen atoms in total. The molecule has 0 spiro atoms. The fourth-order valence-corrected chi connectivity index (χ4v) is 2.12. The molecule has 0 atom stereocenters. The summed E-state index contributed by atoms with van der Waals surface area (Å²) in [5.41, 5.74) is 1.44. The first kappa shape index (κ1) is 14.8. The third-order valence-corrected chi connectivity index (χ3v) is 3.71. The summed E-state index contributed by atoms with van der Waals surface area (Å²) in [5, 5.41) is 9.08. The van der Waals surface area contributed by atoms with Crippen molar-refractivity contribution >= 4 is 15.9 Å². The first-order valence-electron chi connectivity index (χ1n) is 5.99. The molecule has 0 aliphatic carbocycles. The van der Waals surface area contributed by atoms with Gasteiger partial charge in [0.05, 0.1) is 18.2 Å². The van der Waals surface area contributed by atoms with Crippen LogP contribution in [0, 0.1) is 5.82 Å². The Morgan fingerprint density at radius 2 is 2.00 bits per heavy atom. The SMILES string of the molecule is COc1cc(CO)ccc1OCc1cccc(F)c1Br. The van der Waals surface area contributed by atoms with Gasteiger partial charge in [0.2, 0.25) is 0 Å². The Kier molecular flexibility index (Phi) is 4.98. The lowest BCUT2D eigenvalue weighted by Gasteiger charge is -2.12. The second kappa shape index (κ2) is 6.72. The number of benzene rings is 2. The molecule has 0 aliphatic rings. The van der Waals surface area contributed by atoms with Gasteiger partial charge in [-0.25, -0.2) is 4.39 Å². The Bertz CT molecular complexity index is 602. The van der Waals surface area contributed by atoms with Crippen LogP contribution >= 0.6 is 15.9 Å². The number of rotatable bonds is 5. The number of hydrogen-bond donors (Lipinski definition) is 1. The van der Waals surface area contributed by atoms with E-state index in [1.54, 1.807) is 30.3 Å². The van der Waals surface area contributed by atoms with Gasteiger partial charge in [-0.3, -0.25) is 0 Å². The molecule has 0 amide bonds. The van der Waals surface area contributed by atoms with Crippen molar-refractivity contribution in [3.8, 4) is 11.5 Å². The lowest BCUT2D eigenvalue weighted by atomic mass is 10.2. The molecule has 2 aromatic rings. The summed E-state index contributed by atoms with van der Waals surface area (Å²) < 4.78 is 24.6. The van der Waals surface area contributed by atoms with E-state index in [2.05, 4.69) is 15.9 Å². The summed E-state index contributed by atoms with van der Waals surface area (Å²) >= 11 is 3.19. The summed E-state index contributed by atoms with van der Waals surface area (Å²) in [6.45, 7) is 0.152. The van der Waals surface area contributed by atoms with Crippen molar-refractivity contribution in [3.63, 3.8) is 0 Å². The molecule has 0 radical (unpaired) electrons. The number of aliphatic hydroxyl groups is 1. The molecule has 0 aromatic heterocycles. The average molecular weight is 341 g/mol. The molecular formula is C15H14BrFO3. The first-order chi connectivity index (χ1) is 9.65. The summed E-state index contributed by atoms with van der Waals surface area (Å²) in [6.07, 6.45) is 0. The number of methoxy groups -OCH3 is 1. The second-order valence-corrected chi connectivity index (χ2v) is 4.94. The van der Waals surface area contributed by atoms with Gasteiger partial charge < -0.3 is 14.6 Å². The van der Waals surface area contributed by atoms with Crippen LogP contribution in [-0.4, -0.2) is 12.2 Å². The molecule has 2 rings (SSSR count). The zero-order valence-electron chi connectivity index (χ0n) is 10.9. The van der Waals surface area contributed by atoms with Gasteiger partial charge >= 0.3 is 0 Å². The molecule has 1 N–H and O–H groups in total. The standard InChI is InChI=1S/C15H14BrFO3/c1-19-14-7-10(8-18)5-6-13(14)20-9-11-3-2-4-12(17)15(11)16/h2-7,18H,8-9H2,1H3. The molecule has 0 bridgehead atoms. The predicted octanol–water partition coefficient (Wildman–Crippen LogP) is 3.67. The van der Waals surface area contributed by atoms with Crippen LogP contribution in [0.5, 0.6) is 11.5 Å². The van der Waals surface area contributed by atoms with E-state index in [4.69, 9.17) is 14.6 Å². The van der Waals surface area contributed by atoms with E-state index in [0.29, 0.717) is 21.5 Å². The van der Waals surface area contributed by atoms with Crippen molar-refractivity contribution in [2.45, 2.75) is 13.2 Å². The molecule has 0 aliphatic heterocycles. The van der Waals surface area contributed by atoms with Crippen LogP contribution in [0.4, 0.5) is 4.39 Å². The Morgan fingerprint density at radius 3 is 2.70 bits per heavy atom.